The van der Waals surface area contributed by atoms with Crippen LogP contribution in [0.15, 0.2) is 0 Å². The maximum absolute atomic E-state index is 10.0. The fourth-order valence-corrected chi connectivity index (χ4v) is 3.28. The molecule has 0 spiro atoms. The summed E-state index contributed by atoms with van der Waals surface area (Å²) >= 11 is 0. The lowest BCUT2D eigenvalue weighted by atomic mass is 9.70. The third-order valence-corrected chi connectivity index (χ3v) is 4.19. The molecule has 2 fully saturated rings. The Balaban J connectivity index is 2.34. The first-order chi connectivity index (χ1) is 4.97. The molecule has 1 N–H and O–H groups in total. The minimum absolute atomic E-state index is 0.0613. The highest BCUT2D eigenvalue weighted by atomic mass is 16.3. The van der Waals surface area contributed by atoms with Crippen LogP contribution in [0, 0.1) is 16.7 Å². The van der Waals surface area contributed by atoms with Crippen LogP contribution in [0.2, 0.25) is 0 Å². The molecule has 64 valence electrons. The predicted molar refractivity (Wildman–Crippen MR) is 45.2 cm³/mol. The zero-order chi connectivity index (χ0) is 8.28. The second-order valence-corrected chi connectivity index (χ2v) is 5.32. The first-order valence-electron chi connectivity index (χ1n) is 4.65. The zero-order valence-corrected chi connectivity index (χ0v) is 7.72. The van der Waals surface area contributed by atoms with E-state index in [1.54, 1.807) is 0 Å². The molecule has 11 heavy (non-hydrogen) atoms. The average Bonchev–Trinajstić information content (AvgIpc) is 2.36. The SMILES string of the molecule is CC1(C)C2CC[C@](C)(C2)[C@H]1O. The molecule has 0 aromatic rings. The van der Waals surface area contributed by atoms with Gasteiger partial charge in [-0.1, -0.05) is 20.8 Å². The van der Waals surface area contributed by atoms with Gasteiger partial charge in [-0.05, 0) is 36.0 Å². The Morgan fingerprint density at radius 3 is 2.18 bits per heavy atom. The van der Waals surface area contributed by atoms with E-state index < -0.39 is 0 Å². The number of hydrogen-bond donors (Lipinski definition) is 1. The third-order valence-electron chi connectivity index (χ3n) is 4.19. The average molecular weight is 154 g/mol. The van der Waals surface area contributed by atoms with E-state index in [-0.39, 0.29) is 16.9 Å². The number of rotatable bonds is 0. The molecule has 0 amide bonds. The Morgan fingerprint density at radius 1 is 1.27 bits per heavy atom. The van der Waals surface area contributed by atoms with Crippen LogP contribution in [0.25, 0.3) is 0 Å². The summed E-state index contributed by atoms with van der Waals surface area (Å²) in [6.45, 7) is 6.67. The molecule has 0 aromatic carbocycles. The molecule has 1 nitrogen and oxygen atoms in total. The summed E-state index contributed by atoms with van der Waals surface area (Å²) in [5, 5.41) is 10.0. The van der Waals surface area contributed by atoms with Crippen molar-refractivity contribution in [3.63, 3.8) is 0 Å². The van der Waals surface area contributed by atoms with E-state index >= 15 is 0 Å². The van der Waals surface area contributed by atoms with E-state index in [1.807, 2.05) is 0 Å². The summed E-state index contributed by atoms with van der Waals surface area (Å²) in [4.78, 5) is 0. The highest BCUT2D eigenvalue weighted by Gasteiger charge is 2.58. The molecule has 0 aromatic heterocycles. The molecule has 2 bridgehead atoms. The van der Waals surface area contributed by atoms with Crippen molar-refractivity contribution in [2.45, 2.75) is 46.1 Å². The molecule has 0 aliphatic heterocycles. The van der Waals surface area contributed by atoms with Gasteiger partial charge in [0.15, 0.2) is 0 Å². The molecule has 0 radical (unpaired) electrons. The van der Waals surface area contributed by atoms with Crippen LogP contribution >= 0.6 is 0 Å². The molecule has 0 saturated heterocycles. The lowest BCUT2D eigenvalue weighted by molar-refractivity contribution is -0.0340. The first kappa shape index (κ1) is 7.60. The third kappa shape index (κ3) is 0.752. The summed E-state index contributed by atoms with van der Waals surface area (Å²) in [6.07, 6.45) is 3.76. The van der Waals surface area contributed by atoms with E-state index in [2.05, 4.69) is 20.8 Å². The number of aliphatic hydroxyl groups excluding tert-OH is 1. The highest BCUT2D eigenvalue weighted by Crippen LogP contribution is 2.62. The van der Waals surface area contributed by atoms with Crippen LogP contribution in [0.4, 0.5) is 0 Å². The summed E-state index contributed by atoms with van der Waals surface area (Å²) in [6, 6.07) is 0. The molecular formula is C10H18O. The van der Waals surface area contributed by atoms with Gasteiger partial charge in [0.25, 0.3) is 0 Å². The largest absolute Gasteiger partial charge is 0.392 e. The van der Waals surface area contributed by atoms with Crippen LogP contribution in [-0.4, -0.2) is 11.2 Å². The zero-order valence-electron chi connectivity index (χ0n) is 7.72. The van der Waals surface area contributed by atoms with Crippen molar-refractivity contribution in [1.82, 2.24) is 0 Å². The van der Waals surface area contributed by atoms with Gasteiger partial charge < -0.3 is 5.11 Å². The van der Waals surface area contributed by atoms with Gasteiger partial charge in [0.2, 0.25) is 0 Å². The quantitative estimate of drug-likeness (QED) is 0.567. The number of aliphatic hydroxyl groups is 1. The Bertz CT molecular complexity index is 181. The van der Waals surface area contributed by atoms with Crippen molar-refractivity contribution in [2.24, 2.45) is 16.7 Å². The van der Waals surface area contributed by atoms with Gasteiger partial charge in [0.1, 0.15) is 0 Å². The van der Waals surface area contributed by atoms with Gasteiger partial charge >= 0.3 is 0 Å². The van der Waals surface area contributed by atoms with Gasteiger partial charge in [-0.15, -0.1) is 0 Å². The molecule has 2 aliphatic carbocycles. The van der Waals surface area contributed by atoms with Crippen LogP contribution in [0.1, 0.15) is 40.0 Å². The maximum atomic E-state index is 10.0. The normalized spacial score (nSPS) is 53.5. The van der Waals surface area contributed by atoms with E-state index in [4.69, 9.17) is 0 Å². The summed E-state index contributed by atoms with van der Waals surface area (Å²) in [5.74, 6) is 0.780. The second-order valence-electron chi connectivity index (χ2n) is 5.32. The highest BCUT2D eigenvalue weighted by molar-refractivity contribution is 5.08. The van der Waals surface area contributed by atoms with Crippen molar-refractivity contribution in [3.8, 4) is 0 Å². The minimum atomic E-state index is -0.0613. The maximum Gasteiger partial charge on any atom is 0.0647 e. The Hall–Kier alpha value is -0.0400. The van der Waals surface area contributed by atoms with Crippen LogP contribution in [-0.2, 0) is 0 Å². The second kappa shape index (κ2) is 1.82. The summed E-state index contributed by atoms with van der Waals surface area (Å²) < 4.78 is 0. The minimum Gasteiger partial charge on any atom is -0.392 e. The van der Waals surface area contributed by atoms with Gasteiger partial charge in [-0.3, -0.25) is 0 Å². The molecule has 1 heteroatoms. The molecule has 2 saturated carbocycles. The lowest BCUT2D eigenvalue weighted by Gasteiger charge is -2.38. The van der Waals surface area contributed by atoms with Crippen molar-refractivity contribution in [2.75, 3.05) is 0 Å². The number of hydrogen-bond acceptors (Lipinski definition) is 1. The monoisotopic (exact) mass is 154 g/mol. The van der Waals surface area contributed by atoms with Crippen molar-refractivity contribution in [3.05, 3.63) is 0 Å². The van der Waals surface area contributed by atoms with Crippen LogP contribution in [0.5, 0.6) is 0 Å². The Labute approximate surface area is 68.8 Å². The Morgan fingerprint density at radius 2 is 1.91 bits per heavy atom. The summed E-state index contributed by atoms with van der Waals surface area (Å²) in [7, 11) is 0. The van der Waals surface area contributed by atoms with E-state index in [9.17, 15) is 5.11 Å². The van der Waals surface area contributed by atoms with Gasteiger partial charge in [-0.2, -0.15) is 0 Å². The van der Waals surface area contributed by atoms with E-state index in [1.165, 1.54) is 19.3 Å². The van der Waals surface area contributed by atoms with E-state index in [0.717, 1.165) is 5.92 Å². The summed E-state index contributed by atoms with van der Waals surface area (Å²) in [5.41, 5.74) is 0.446. The lowest BCUT2D eigenvalue weighted by Crippen LogP contribution is -2.39. The first-order valence-corrected chi connectivity index (χ1v) is 4.65. The van der Waals surface area contributed by atoms with Crippen molar-refractivity contribution >= 4 is 0 Å². The smallest absolute Gasteiger partial charge is 0.0647 e. The molecular weight excluding hydrogens is 136 g/mol. The van der Waals surface area contributed by atoms with Crippen molar-refractivity contribution < 1.29 is 5.11 Å². The van der Waals surface area contributed by atoms with Crippen LogP contribution in [0.3, 0.4) is 0 Å². The topological polar surface area (TPSA) is 20.2 Å². The molecule has 0 heterocycles. The fraction of sp³-hybridized carbons (Fsp3) is 1.00. The van der Waals surface area contributed by atoms with Gasteiger partial charge in [0, 0.05) is 0 Å². The van der Waals surface area contributed by atoms with Gasteiger partial charge in [-0.25, -0.2) is 0 Å². The van der Waals surface area contributed by atoms with Crippen LogP contribution < -0.4 is 0 Å². The van der Waals surface area contributed by atoms with Gasteiger partial charge in [0.05, 0.1) is 6.10 Å². The standard InChI is InChI=1S/C10H18O/c1-9(2)7-4-5-10(3,6-7)8(9)11/h7-8,11H,4-6H2,1-3H3/t7?,8-,10+/m0/s1. The molecule has 2 rings (SSSR count). The van der Waals surface area contributed by atoms with Crippen molar-refractivity contribution in [1.29, 1.82) is 0 Å². The predicted octanol–water partition coefficient (Wildman–Crippen LogP) is 2.19. The molecule has 1 unspecified atom stereocenters. The fourth-order valence-electron chi connectivity index (χ4n) is 3.28. The number of fused-ring (bicyclic) bond motifs is 2. The Kier molecular flexibility index (Phi) is 1.26. The molecule has 2 aliphatic rings. The van der Waals surface area contributed by atoms with E-state index in [0.29, 0.717) is 0 Å². The molecule has 3 atom stereocenters.